The first-order chi connectivity index (χ1) is 7.22. The molecule has 1 fully saturated rings. The Balaban J connectivity index is 2.01. The van der Waals surface area contributed by atoms with Crippen LogP contribution in [0.15, 0.2) is 0 Å². The molecule has 0 spiro atoms. The molecule has 0 radical (unpaired) electrons. The van der Waals surface area contributed by atoms with Crippen molar-refractivity contribution in [3.8, 4) is 0 Å². The molecule has 4 heteroatoms. The van der Waals surface area contributed by atoms with Crippen LogP contribution < -0.4 is 11.1 Å². The van der Waals surface area contributed by atoms with Gasteiger partial charge in [-0.25, -0.2) is 0 Å². The average Bonchev–Trinajstić information content (AvgIpc) is 2.25. The first kappa shape index (κ1) is 12.5. The third-order valence-corrected chi connectivity index (χ3v) is 3.07. The van der Waals surface area contributed by atoms with Crippen molar-refractivity contribution in [2.24, 2.45) is 5.73 Å². The van der Waals surface area contributed by atoms with Crippen molar-refractivity contribution in [1.29, 1.82) is 0 Å². The lowest BCUT2D eigenvalue weighted by molar-refractivity contribution is -0.118. The summed E-state index contributed by atoms with van der Waals surface area (Å²) >= 11 is 0. The monoisotopic (exact) mass is 213 g/mol. The summed E-state index contributed by atoms with van der Waals surface area (Å²) in [5.41, 5.74) is 5.07. The molecule has 1 aliphatic heterocycles. The molecule has 0 aromatic carbocycles. The van der Waals surface area contributed by atoms with E-state index in [4.69, 9.17) is 5.73 Å². The van der Waals surface area contributed by atoms with Crippen LogP contribution in [-0.2, 0) is 4.79 Å². The Morgan fingerprint density at radius 1 is 1.47 bits per heavy atom. The third kappa shape index (κ3) is 5.14. The van der Waals surface area contributed by atoms with Gasteiger partial charge in [0.1, 0.15) is 0 Å². The van der Waals surface area contributed by atoms with Gasteiger partial charge in [0.2, 0.25) is 5.91 Å². The Bertz CT molecular complexity index is 188. The number of primary amides is 1. The second-order valence-electron chi connectivity index (χ2n) is 4.23. The molecule has 1 aliphatic rings. The first-order valence-corrected chi connectivity index (χ1v) is 5.96. The highest BCUT2D eigenvalue weighted by atomic mass is 16.1. The van der Waals surface area contributed by atoms with Gasteiger partial charge in [-0.1, -0.05) is 6.92 Å². The second-order valence-corrected chi connectivity index (χ2v) is 4.23. The number of hydrogen-bond donors (Lipinski definition) is 2. The van der Waals surface area contributed by atoms with Gasteiger partial charge < -0.3 is 16.0 Å². The van der Waals surface area contributed by atoms with Crippen molar-refractivity contribution in [2.75, 3.05) is 26.2 Å². The quantitative estimate of drug-likeness (QED) is 0.625. The lowest BCUT2D eigenvalue weighted by Crippen LogP contribution is -2.42. The third-order valence-electron chi connectivity index (χ3n) is 3.07. The number of nitrogens with two attached hydrogens (primary N) is 1. The van der Waals surface area contributed by atoms with E-state index < -0.39 is 0 Å². The van der Waals surface area contributed by atoms with E-state index in [1.165, 1.54) is 25.9 Å². The summed E-state index contributed by atoms with van der Waals surface area (Å²) in [6.07, 6.45) is 3.82. The number of carbonyl (C=O) groups is 1. The van der Waals surface area contributed by atoms with Crippen molar-refractivity contribution < 1.29 is 4.79 Å². The summed E-state index contributed by atoms with van der Waals surface area (Å²) in [6.45, 7) is 6.68. The normalized spacial score (nSPS) is 19.3. The fourth-order valence-electron chi connectivity index (χ4n) is 2.02. The van der Waals surface area contributed by atoms with Gasteiger partial charge in [-0.3, -0.25) is 4.79 Å². The maximum absolute atomic E-state index is 10.5. The Morgan fingerprint density at radius 3 is 2.67 bits per heavy atom. The molecular formula is C11H23N3O. The van der Waals surface area contributed by atoms with E-state index in [1.54, 1.807) is 0 Å². The van der Waals surface area contributed by atoms with E-state index in [2.05, 4.69) is 17.1 Å². The van der Waals surface area contributed by atoms with Crippen LogP contribution in [0.25, 0.3) is 0 Å². The number of amides is 1. The number of hydrogen-bond acceptors (Lipinski definition) is 3. The minimum atomic E-state index is -0.197. The van der Waals surface area contributed by atoms with Crippen LogP contribution in [0.1, 0.15) is 32.6 Å². The highest BCUT2D eigenvalue weighted by Crippen LogP contribution is 2.09. The van der Waals surface area contributed by atoms with E-state index in [9.17, 15) is 4.79 Å². The van der Waals surface area contributed by atoms with Crippen molar-refractivity contribution in [1.82, 2.24) is 10.2 Å². The number of nitrogens with one attached hydrogen (secondary N) is 1. The Kier molecular flexibility index (Phi) is 5.65. The highest BCUT2D eigenvalue weighted by Gasteiger charge is 2.16. The predicted molar refractivity (Wildman–Crippen MR) is 61.6 cm³/mol. The lowest BCUT2D eigenvalue weighted by Gasteiger charge is -2.31. The van der Waals surface area contributed by atoms with Crippen LogP contribution in [0.3, 0.4) is 0 Å². The summed E-state index contributed by atoms with van der Waals surface area (Å²) in [7, 11) is 0. The van der Waals surface area contributed by atoms with E-state index in [0.717, 1.165) is 19.5 Å². The molecule has 1 amide bonds. The zero-order chi connectivity index (χ0) is 11.1. The van der Waals surface area contributed by atoms with Crippen LogP contribution in [0.4, 0.5) is 0 Å². The summed E-state index contributed by atoms with van der Waals surface area (Å²) in [5, 5.41) is 3.49. The molecule has 1 saturated heterocycles. The maximum atomic E-state index is 10.5. The van der Waals surface area contributed by atoms with Crippen LogP contribution in [0, 0.1) is 0 Å². The standard InChI is InChI=1S/C11H23N3O/c1-2-14-8-5-10(6-9-14)13-7-3-4-11(12)15/h10,13H,2-9H2,1H3,(H2,12,15). The summed E-state index contributed by atoms with van der Waals surface area (Å²) in [6, 6.07) is 0.640. The topological polar surface area (TPSA) is 58.4 Å². The molecule has 15 heavy (non-hydrogen) atoms. The largest absolute Gasteiger partial charge is 0.370 e. The minimum Gasteiger partial charge on any atom is -0.370 e. The van der Waals surface area contributed by atoms with Gasteiger partial charge in [-0.15, -0.1) is 0 Å². The maximum Gasteiger partial charge on any atom is 0.217 e. The van der Waals surface area contributed by atoms with Gasteiger partial charge in [-0.05, 0) is 45.4 Å². The fraction of sp³-hybridized carbons (Fsp3) is 0.909. The zero-order valence-electron chi connectivity index (χ0n) is 9.67. The van der Waals surface area contributed by atoms with Crippen molar-refractivity contribution in [3.05, 3.63) is 0 Å². The molecule has 0 bridgehead atoms. The van der Waals surface area contributed by atoms with Crippen molar-refractivity contribution >= 4 is 5.91 Å². The van der Waals surface area contributed by atoms with E-state index in [-0.39, 0.29) is 5.91 Å². The van der Waals surface area contributed by atoms with Crippen molar-refractivity contribution in [2.45, 2.75) is 38.6 Å². The van der Waals surface area contributed by atoms with Crippen molar-refractivity contribution in [3.63, 3.8) is 0 Å². The van der Waals surface area contributed by atoms with Gasteiger partial charge in [0.15, 0.2) is 0 Å². The molecule has 4 nitrogen and oxygen atoms in total. The van der Waals surface area contributed by atoms with Gasteiger partial charge in [-0.2, -0.15) is 0 Å². The average molecular weight is 213 g/mol. The summed E-state index contributed by atoms with van der Waals surface area (Å²) < 4.78 is 0. The molecule has 0 aromatic heterocycles. The SMILES string of the molecule is CCN1CCC(NCCCC(N)=O)CC1. The molecule has 88 valence electrons. The molecule has 0 aliphatic carbocycles. The fourth-order valence-corrected chi connectivity index (χ4v) is 2.02. The van der Waals surface area contributed by atoms with E-state index >= 15 is 0 Å². The summed E-state index contributed by atoms with van der Waals surface area (Å²) in [5.74, 6) is -0.197. The van der Waals surface area contributed by atoms with Crippen LogP contribution in [0.2, 0.25) is 0 Å². The lowest BCUT2D eigenvalue weighted by atomic mass is 10.1. The number of likely N-dealkylation sites (tertiary alicyclic amines) is 1. The number of piperidine rings is 1. The smallest absolute Gasteiger partial charge is 0.217 e. The molecular weight excluding hydrogens is 190 g/mol. The molecule has 0 saturated carbocycles. The Labute approximate surface area is 92.2 Å². The van der Waals surface area contributed by atoms with Gasteiger partial charge in [0.05, 0.1) is 0 Å². The number of carbonyl (C=O) groups excluding carboxylic acids is 1. The number of nitrogens with zero attached hydrogens (tertiary/aromatic N) is 1. The first-order valence-electron chi connectivity index (χ1n) is 5.96. The Morgan fingerprint density at radius 2 is 2.13 bits per heavy atom. The van der Waals surface area contributed by atoms with Crippen LogP contribution in [-0.4, -0.2) is 43.0 Å². The predicted octanol–water partition coefficient (Wildman–Crippen LogP) is 0.326. The number of rotatable bonds is 6. The van der Waals surface area contributed by atoms with Crippen LogP contribution in [0.5, 0.6) is 0 Å². The molecule has 1 rings (SSSR count). The minimum absolute atomic E-state index is 0.197. The van der Waals surface area contributed by atoms with Gasteiger partial charge in [0.25, 0.3) is 0 Å². The van der Waals surface area contributed by atoms with Gasteiger partial charge >= 0.3 is 0 Å². The highest BCUT2D eigenvalue weighted by molar-refractivity contribution is 5.73. The molecule has 0 unspecified atom stereocenters. The van der Waals surface area contributed by atoms with Crippen LogP contribution >= 0.6 is 0 Å². The molecule has 0 aromatic rings. The Hall–Kier alpha value is -0.610. The molecule has 3 N–H and O–H groups in total. The molecule has 0 atom stereocenters. The zero-order valence-corrected chi connectivity index (χ0v) is 9.67. The van der Waals surface area contributed by atoms with E-state index in [0.29, 0.717) is 12.5 Å². The van der Waals surface area contributed by atoms with E-state index in [1.807, 2.05) is 0 Å². The summed E-state index contributed by atoms with van der Waals surface area (Å²) in [4.78, 5) is 13.0. The van der Waals surface area contributed by atoms with Gasteiger partial charge in [0, 0.05) is 12.5 Å². The second kappa shape index (κ2) is 6.80. The molecule has 1 heterocycles.